The molecule has 0 aliphatic heterocycles. The molecule has 0 aliphatic carbocycles. The summed E-state index contributed by atoms with van der Waals surface area (Å²) in [4.78, 5) is 0. The van der Waals surface area contributed by atoms with Crippen LogP contribution in [-0.2, 0) is 0 Å². The molecule has 0 amide bonds. The Morgan fingerprint density at radius 3 is 1.67 bits per heavy atom. The lowest BCUT2D eigenvalue weighted by atomic mass is 10.6. The van der Waals surface area contributed by atoms with Crippen molar-refractivity contribution in [2.24, 2.45) is 0 Å². The Morgan fingerprint density at radius 1 is 1.50 bits per heavy atom. The molecule has 0 N–H and O–H groups in total. The molecule has 0 fully saturated rings. The van der Waals surface area contributed by atoms with Crippen LogP contribution < -0.4 is 0 Å². The summed E-state index contributed by atoms with van der Waals surface area (Å²) in [6.07, 6.45) is 1.99. The second-order valence-corrected chi connectivity index (χ2v) is 4.17. The van der Waals surface area contributed by atoms with Crippen LogP contribution in [0.15, 0.2) is 0 Å². The molecule has 0 saturated heterocycles. The van der Waals surface area contributed by atoms with Crippen molar-refractivity contribution in [1.82, 2.24) is 0 Å². The summed E-state index contributed by atoms with van der Waals surface area (Å²) < 4.78 is -0.0694. The molecule has 0 rings (SSSR count). The van der Waals surface area contributed by atoms with E-state index in [1.165, 1.54) is 0 Å². The van der Waals surface area contributed by atoms with Crippen LogP contribution in [0.4, 0.5) is 0 Å². The monoisotopic (exact) mass is 124 g/mol. The van der Waals surface area contributed by atoms with Crippen molar-refractivity contribution in [3.05, 3.63) is 0 Å². The molecule has 0 radical (unpaired) electrons. The van der Waals surface area contributed by atoms with Crippen LogP contribution in [0.1, 0.15) is 13.8 Å². The van der Waals surface area contributed by atoms with Crippen LogP contribution in [0.25, 0.3) is 0 Å². The molecule has 0 heterocycles. The highest BCUT2D eigenvalue weighted by atomic mass is 35.5. The number of hydrogen-bond donors (Lipinski definition) is 0. The second kappa shape index (κ2) is 2.08. The van der Waals surface area contributed by atoms with E-state index in [-0.39, 0.29) is 4.21 Å². The van der Waals surface area contributed by atoms with Crippen molar-refractivity contribution >= 4 is 23.4 Å². The Balaban J connectivity index is 3.17. The van der Waals surface area contributed by atoms with Crippen LogP contribution >= 0.6 is 23.4 Å². The van der Waals surface area contributed by atoms with Gasteiger partial charge < -0.3 is 0 Å². The third-order valence-corrected chi connectivity index (χ3v) is 1.92. The Morgan fingerprint density at radius 2 is 1.67 bits per heavy atom. The maximum Gasteiger partial charge on any atom is 0.0837 e. The van der Waals surface area contributed by atoms with E-state index in [9.17, 15) is 0 Å². The highest BCUT2D eigenvalue weighted by molar-refractivity contribution is 8.01. The average molecular weight is 125 g/mol. The van der Waals surface area contributed by atoms with Crippen LogP contribution in [0.2, 0.25) is 0 Å². The standard InChI is InChI=1S/C4H9ClS/c1-4(2,5)6-3/h1-3H3. The minimum atomic E-state index is -0.0694. The predicted octanol–water partition coefficient (Wildman–Crippen LogP) is 2.32. The summed E-state index contributed by atoms with van der Waals surface area (Å²) in [5, 5.41) is 0. The maximum atomic E-state index is 5.68. The third-order valence-electron chi connectivity index (χ3n) is 0.485. The second-order valence-electron chi connectivity index (χ2n) is 1.57. The van der Waals surface area contributed by atoms with E-state index in [2.05, 4.69) is 0 Å². The first-order valence-electron chi connectivity index (χ1n) is 1.80. The van der Waals surface area contributed by atoms with Gasteiger partial charge in [-0.1, -0.05) is 0 Å². The Bertz CT molecular complexity index is 37.3. The predicted molar refractivity (Wildman–Crippen MR) is 33.4 cm³/mol. The number of rotatable bonds is 1. The molecule has 0 bridgehead atoms. The van der Waals surface area contributed by atoms with E-state index >= 15 is 0 Å². The molecule has 0 unspecified atom stereocenters. The van der Waals surface area contributed by atoms with Gasteiger partial charge in [-0.2, -0.15) is 0 Å². The average Bonchev–Trinajstić information content (AvgIpc) is 1.35. The molecular formula is C4H9ClS. The first kappa shape index (κ1) is 6.64. The van der Waals surface area contributed by atoms with E-state index < -0.39 is 0 Å². The topological polar surface area (TPSA) is 0 Å². The Hall–Kier alpha value is 0.640. The molecule has 6 heavy (non-hydrogen) atoms. The number of alkyl halides is 1. The Kier molecular flexibility index (Phi) is 2.30. The summed E-state index contributed by atoms with van der Waals surface area (Å²) in [5.74, 6) is 0. The molecule has 0 aliphatic rings. The van der Waals surface area contributed by atoms with Crippen molar-refractivity contribution in [2.75, 3.05) is 6.26 Å². The van der Waals surface area contributed by atoms with Gasteiger partial charge in [-0.15, -0.1) is 23.4 Å². The van der Waals surface area contributed by atoms with Crippen LogP contribution in [-0.4, -0.2) is 10.5 Å². The molecule has 0 nitrogen and oxygen atoms in total. The SMILES string of the molecule is CSC(C)(C)Cl. The van der Waals surface area contributed by atoms with E-state index in [0.717, 1.165) is 0 Å². The Labute approximate surface area is 48.3 Å². The van der Waals surface area contributed by atoms with E-state index in [0.29, 0.717) is 0 Å². The normalized spacial score (nSPS) is 12.0. The van der Waals surface area contributed by atoms with Crippen molar-refractivity contribution in [3.8, 4) is 0 Å². The molecule has 38 valence electrons. The lowest BCUT2D eigenvalue weighted by Crippen LogP contribution is -1.99. The maximum absolute atomic E-state index is 5.68. The van der Waals surface area contributed by atoms with Gasteiger partial charge in [-0.05, 0) is 20.1 Å². The van der Waals surface area contributed by atoms with Gasteiger partial charge in [0.15, 0.2) is 0 Å². The van der Waals surface area contributed by atoms with Crippen molar-refractivity contribution in [2.45, 2.75) is 18.1 Å². The molecule has 0 saturated carbocycles. The zero-order valence-electron chi connectivity index (χ0n) is 4.29. The van der Waals surface area contributed by atoms with Gasteiger partial charge in [0.05, 0.1) is 4.21 Å². The minimum absolute atomic E-state index is 0.0694. The van der Waals surface area contributed by atoms with Gasteiger partial charge in [0.25, 0.3) is 0 Å². The summed E-state index contributed by atoms with van der Waals surface area (Å²) in [6, 6.07) is 0. The number of thioether (sulfide) groups is 1. The molecule has 0 aromatic carbocycles. The molecule has 0 aromatic rings. The van der Waals surface area contributed by atoms with Crippen molar-refractivity contribution in [3.63, 3.8) is 0 Å². The van der Waals surface area contributed by atoms with E-state index in [4.69, 9.17) is 11.6 Å². The molecule has 0 atom stereocenters. The molecule has 0 aromatic heterocycles. The van der Waals surface area contributed by atoms with Gasteiger partial charge in [-0.3, -0.25) is 0 Å². The number of halogens is 1. The molecular weight excluding hydrogens is 116 g/mol. The highest BCUT2D eigenvalue weighted by Crippen LogP contribution is 2.24. The lowest BCUT2D eigenvalue weighted by molar-refractivity contribution is 1.02. The zero-order valence-corrected chi connectivity index (χ0v) is 5.86. The van der Waals surface area contributed by atoms with Crippen molar-refractivity contribution in [1.29, 1.82) is 0 Å². The van der Waals surface area contributed by atoms with Gasteiger partial charge in [-0.25, -0.2) is 0 Å². The fourth-order valence-corrected chi connectivity index (χ4v) is 0. The quantitative estimate of drug-likeness (QED) is 0.484. The summed E-state index contributed by atoms with van der Waals surface area (Å²) >= 11 is 7.33. The third kappa shape index (κ3) is 4.64. The van der Waals surface area contributed by atoms with E-state index in [1.54, 1.807) is 11.8 Å². The fourth-order valence-electron chi connectivity index (χ4n) is 0. The van der Waals surface area contributed by atoms with Gasteiger partial charge >= 0.3 is 0 Å². The molecule has 2 heteroatoms. The summed E-state index contributed by atoms with van der Waals surface area (Å²) in [7, 11) is 0. The van der Waals surface area contributed by atoms with Crippen LogP contribution in [0.3, 0.4) is 0 Å². The summed E-state index contributed by atoms with van der Waals surface area (Å²) in [5.41, 5.74) is 0. The number of hydrogen-bond acceptors (Lipinski definition) is 1. The van der Waals surface area contributed by atoms with Crippen molar-refractivity contribution < 1.29 is 0 Å². The summed E-state index contributed by atoms with van der Waals surface area (Å²) in [6.45, 7) is 3.94. The lowest BCUT2D eigenvalue weighted by Gasteiger charge is -2.08. The fraction of sp³-hybridized carbons (Fsp3) is 1.00. The first-order chi connectivity index (χ1) is 2.56. The first-order valence-corrected chi connectivity index (χ1v) is 3.40. The van der Waals surface area contributed by atoms with E-state index in [1.807, 2.05) is 20.1 Å². The smallest absolute Gasteiger partial charge is 0.0837 e. The molecule has 0 spiro atoms. The highest BCUT2D eigenvalue weighted by Gasteiger charge is 2.07. The minimum Gasteiger partial charge on any atom is -0.143 e. The van der Waals surface area contributed by atoms with Gasteiger partial charge in [0, 0.05) is 0 Å². The zero-order chi connectivity index (χ0) is 5.21. The van der Waals surface area contributed by atoms with Crippen LogP contribution in [0, 0.1) is 0 Å². The van der Waals surface area contributed by atoms with Crippen LogP contribution in [0.5, 0.6) is 0 Å². The largest absolute Gasteiger partial charge is 0.143 e. The van der Waals surface area contributed by atoms with Gasteiger partial charge in [0.2, 0.25) is 0 Å². The van der Waals surface area contributed by atoms with Gasteiger partial charge in [0.1, 0.15) is 0 Å².